The fraction of sp³-hybridized carbons (Fsp3) is 0.385. The van der Waals surface area contributed by atoms with E-state index in [1.54, 1.807) is 6.26 Å². The van der Waals surface area contributed by atoms with Crippen molar-refractivity contribution in [3.05, 3.63) is 28.2 Å². The number of nitrogens with one attached hydrogen (secondary N) is 1. The van der Waals surface area contributed by atoms with Gasteiger partial charge in [-0.15, -0.1) is 0 Å². The van der Waals surface area contributed by atoms with Gasteiger partial charge in [-0.2, -0.15) is 0 Å². The summed E-state index contributed by atoms with van der Waals surface area (Å²) in [6, 6.07) is 1.87. The van der Waals surface area contributed by atoms with Gasteiger partial charge in [0.1, 0.15) is 17.3 Å². The Kier molecular flexibility index (Phi) is 4.01. The molecule has 0 saturated heterocycles. The van der Waals surface area contributed by atoms with Crippen molar-refractivity contribution >= 4 is 21.7 Å². The third kappa shape index (κ3) is 2.41. The summed E-state index contributed by atoms with van der Waals surface area (Å²) in [6.45, 7) is 6.93. The molecule has 0 radical (unpaired) electrons. The maximum absolute atomic E-state index is 5.50. The van der Waals surface area contributed by atoms with Gasteiger partial charge in [0.25, 0.3) is 0 Å². The van der Waals surface area contributed by atoms with Gasteiger partial charge in [0.2, 0.25) is 0 Å². The van der Waals surface area contributed by atoms with Gasteiger partial charge >= 0.3 is 0 Å². The predicted octanol–water partition coefficient (Wildman–Crippen LogP) is 3.80. The highest BCUT2D eigenvalue weighted by molar-refractivity contribution is 9.10. The lowest BCUT2D eigenvalue weighted by atomic mass is 10.2. The van der Waals surface area contributed by atoms with Crippen LogP contribution in [0.1, 0.15) is 25.2 Å². The molecule has 18 heavy (non-hydrogen) atoms. The molecule has 2 heterocycles. The maximum atomic E-state index is 5.50. The number of hydrogen-bond acceptors (Lipinski definition) is 4. The second-order valence-electron chi connectivity index (χ2n) is 3.94. The molecule has 0 fully saturated rings. The first-order valence-corrected chi connectivity index (χ1v) is 6.81. The molecule has 0 unspecified atom stereocenters. The van der Waals surface area contributed by atoms with Crippen molar-refractivity contribution in [3.63, 3.8) is 0 Å². The minimum absolute atomic E-state index is 0.753. The molecule has 0 aliphatic carbocycles. The summed E-state index contributed by atoms with van der Waals surface area (Å²) in [4.78, 5) is 9.06. The van der Waals surface area contributed by atoms with Crippen molar-refractivity contribution in [2.24, 2.45) is 0 Å². The van der Waals surface area contributed by atoms with Gasteiger partial charge in [-0.25, -0.2) is 9.97 Å². The molecule has 0 bridgehead atoms. The first kappa shape index (κ1) is 13.1. The molecule has 2 aromatic rings. The topological polar surface area (TPSA) is 51.0 Å². The summed E-state index contributed by atoms with van der Waals surface area (Å²) in [5.74, 6) is 2.45. The third-order valence-electron chi connectivity index (χ3n) is 2.68. The van der Waals surface area contributed by atoms with E-state index in [-0.39, 0.29) is 0 Å². The van der Waals surface area contributed by atoms with Crippen molar-refractivity contribution in [2.75, 3.05) is 11.9 Å². The monoisotopic (exact) mass is 309 g/mol. The van der Waals surface area contributed by atoms with E-state index in [1.165, 1.54) is 0 Å². The molecule has 4 nitrogen and oxygen atoms in total. The molecule has 0 amide bonds. The molecule has 0 aliphatic heterocycles. The zero-order valence-electron chi connectivity index (χ0n) is 10.7. The number of hydrogen-bond donors (Lipinski definition) is 1. The maximum Gasteiger partial charge on any atom is 0.166 e. The first-order chi connectivity index (χ1) is 8.67. The molecule has 5 heteroatoms. The number of aryl methyl sites for hydroxylation is 1. The minimum atomic E-state index is 0.753. The number of furan rings is 1. The highest BCUT2D eigenvalue weighted by Gasteiger charge is 2.16. The van der Waals surface area contributed by atoms with Gasteiger partial charge in [-0.1, -0.05) is 6.92 Å². The van der Waals surface area contributed by atoms with E-state index in [2.05, 4.69) is 38.1 Å². The van der Waals surface area contributed by atoms with Crippen molar-refractivity contribution in [1.29, 1.82) is 0 Å². The molecule has 96 valence electrons. The normalized spacial score (nSPS) is 10.7. The van der Waals surface area contributed by atoms with Crippen LogP contribution in [0.3, 0.4) is 0 Å². The second-order valence-corrected chi connectivity index (χ2v) is 4.80. The smallest absolute Gasteiger partial charge is 0.166 e. The van der Waals surface area contributed by atoms with Gasteiger partial charge in [0.05, 0.1) is 10.7 Å². The molecule has 0 aromatic carbocycles. The molecule has 0 aliphatic rings. The molecule has 0 atom stereocenters. The summed E-state index contributed by atoms with van der Waals surface area (Å²) >= 11 is 3.47. The summed E-state index contributed by atoms with van der Waals surface area (Å²) < 4.78 is 6.41. The van der Waals surface area contributed by atoms with Crippen LogP contribution in [0.25, 0.3) is 11.5 Å². The van der Waals surface area contributed by atoms with Crippen LogP contribution >= 0.6 is 15.9 Å². The van der Waals surface area contributed by atoms with Gasteiger partial charge in [0.15, 0.2) is 5.76 Å². The lowest BCUT2D eigenvalue weighted by Crippen LogP contribution is -2.07. The summed E-state index contributed by atoms with van der Waals surface area (Å²) in [7, 11) is 0. The molecular formula is C13H16BrN3O. The summed E-state index contributed by atoms with van der Waals surface area (Å²) in [6.07, 6.45) is 2.45. The quantitative estimate of drug-likeness (QED) is 0.933. The van der Waals surface area contributed by atoms with Crippen LogP contribution in [0.4, 0.5) is 5.82 Å². The number of aromatic nitrogens is 2. The SMILES string of the molecule is CCNc1nc(CC)nc(-c2occc2Br)c1C. The Morgan fingerprint density at radius 1 is 1.33 bits per heavy atom. The van der Waals surface area contributed by atoms with E-state index in [1.807, 2.05) is 19.9 Å². The predicted molar refractivity (Wildman–Crippen MR) is 75.7 cm³/mol. The summed E-state index contributed by atoms with van der Waals surface area (Å²) in [5.41, 5.74) is 1.85. The van der Waals surface area contributed by atoms with Crippen molar-refractivity contribution in [1.82, 2.24) is 9.97 Å². The minimum Gasteiger partial charge on any atom is -0.461 e. The van der Waals surface area contributed by atoms with Gasteiger partial charge in [0, 0.05) is 18.5 Å². The molecule has 0 saturated carbocycles. The zero-order chi connectivity index (χ0) is 13.1. The van der Waals surface area contributed by atoms with Crippen LogP contribution in [0.5, 0.6) is 0 Å². The van der Waals surface area contributed by atoms with E-state index in [4.69, 9.17) is 4.42 Å². The largest absolute Gasteiger partial charge is 0.461 e. The van der Waals surface area contributed by atoms with E-state index in [0.29, 0.717) is 0 Å². The summed E-state index contributed by atoms with van der Waals surface area (Å²) in [5, 5.41) is 3.26. The van der Waals surface area contributed by atoms with Gasteiger partial charge < -0.3 is 9.73 Å². The number of rotatable bonds is 4. The van der Waals surface area contributed by atoms with Crippen LogP contribution in [0.2, 0.25) is 0 Å². The highest BCUT2D eigenvalue weighted by atomic mass is 79.9. The average molecular weight is 310 g/mol. The van der Waals surface area contributed by atoms with Crippen molar-refractivity contribution in [3.8, 4) is 11.5 Å². The van der Waals surface area contributed by atoms with Crippen LogP contribution < -0.4 is 5.32 Å². The van der Waals surface area contributed by atoms with Crippen molar-refractivity contribution in [2.45, 2.75) is 27.2 Å². The number of nitrogens with zero attached hydrogens (tertiary/aromatic N) is 2. The van der Waals surface area contributed by atoms with Crippen LogP contribution in [0, 0.1) is 6.92 Å². The molecule has 2 rings (SSSR count). The van der Waals surface area contributed by atoms with Crippen LogP contribution in [0.15, 0.2) is 21.2 Å². The Balaban J connectivity index is 2.59. The van der Waals surface area contributed by atoms with E-state index >= 15 is 0 Å². The Morgan fingerprint density at radius 2 is 2.11 bits per heavy atom. The Hall–Kier alpha value is -1.36. The Morgan fingerprint density at radius 3 is 2.67 bits per heavy atom. The molecule has 0 spiro atoms. The lowest BCUT2D eigenvalue weighted by Gasteiger charge is -2.11. The van der Waals surface area contributed by atoms with Gasteiger partial charge in [-0.3, -0.25) is 0 Å². The highest BCUT2D eigenvalue weighted by Crippen LogP contribution is 2.32. The van der Waals surface area contributed by atoms with Gasteiger partial charge in [-0.05, 0) is 35.8 Å². The standard InChI is InChI=1S/C13H16BrN3O/c1-4-10-16-11(12-9(14)6-7-18-12)8(3)13(17-10)15-5-2/h6-7H,4-5H2,1-3H3,(H,15,16,17). The average Bonchev–Trinajstić information content (AvgIpc) is 2.78. The van der Waals surface area contributed by atoms with Crippen molar-refractivity contribution < 1.29 is 4.42 Å². The van der Waals surface area contributed by atoms with Crippen LogP contribution in [-0.4, -0.2) is 16.5 Å². The Bertz CT molecular complexity index is 551. The fourth-order valence-electron chi connectivity index (χ4n) is 1.74. The second kappa shape index (κ2) is 5.52. The van der Waals surface area contributed by atoms with E-state index in [0.717, 1.165) is 46.1 Å². The fourth-order valence-corrected chi connectivity index (χ4v) is 2.13. The number of anilines is 1. The zero-order valence-corrected chi connectivity index (χ0v) is 12.3. The molecule has 1 N–H and O–H groups in total. The third-order valence-corrected chi connectivity index (χ3v) is 3.31. The first-order valence-electron chi connectivity index (χ1n) is 6.02. The lowest BCUT2D eigenvalue weighted by molar-refractivity contribution is 0.577. The molecular weight excluding hydrogens is 294 g/mol. The Labute approximate surface area is 115 Å². The van der Waals surface area contributed by atoms with E-state index < -0.39 is 0 Å². The van der Waals surface area contributed by atoms with Crippen LogP contribution in [-0.2, 0) is 6.42 Å². The number of halogens is 1. The van der Waals surface area contributed by atoms with E-state index in [9.17, 15) is 0 Å². The molecule has 2 aromatic heterocycles.